The first-order valence-electron chi connectivity index (χ1n) is 7.86. The van der Waals surface area contributed by atoms with Crippen LogP contribution < -0.4 is 0 Å². The van der Waals surface area contributed by atoms with Gasteiger partial charge in [0.25, 0.3) is 11.8 Å². The van der Waals surface area contributed by atoms with Crippen LogP contribution in [0.3, 0.4) is 0 Å². The summed E-state index contributed by atoms with van der Waals surface area (Å²) >= 11 is 0. The van der Waals surface area contributed by atoms with Gasteiger partial charge in [0, 0.05) is 31.7 Å². The summed E-state index contributed by atoms with van der Waals surface area (Å²) in [6, 6.07) is 6.68. The molecule has 0 radical (unpaired) electrons. The van der Waals surface area contributed by atoms with Gasteiger partial charge in [0.2, 0.25) is 0 Å². The van der Waals surface area contributed by atoms with Gasteiger partial charge in [-0.15, -0.1) is 0 Å². The van der Waals surface area contributed by atoms with Gasteiger partial charge in [-0.2, -0.15) is 0 Å². The Hall–Kier alpha value is -2.90. The molecule has 0 aliphatic carbocycles. The zero-order valence-corrected chi connectivity index (χ0v) is 13.5. The third-order valence-corrected chi connectivity index (χ3v) is 4.21. The first-order valence-corrected chi connectivity index (χ1v) is 7.86. The van der Waals surface area contributed by atoms with Gasteiger partial charge in [-0.3, -0.25) is 9.59 Å². The lowest BCUT2D eigenvalue weighted by molar-refractivity contribution is 0.0532. The summed E-state index contributed by atoms with van der Waals surface area (Å²) in [5.41, 5.74) is -0.236. The largest absolute Gasteiger partial charge is 0.335 e. The maximum absolute atomic E-state index is 13.8. The molecule has 0 spiro atoms. The lowest BCUT2D eigenvalue weighted by atomic mass is 10.1. The summed E-state index contributed by atoms with van der Waals surface area (Å²) in [6.45, 7) is 0.606. The van der Waals surface area contributed by atoms with Crippen LogP contribution in [0, 0.1) is 23.3 Å². The van der Waals surface area contributed by atoms with Crippen molar-refractivity contribution in [3.63, 3.8) is 0 Å². The molecule has 2 aromatic rings. The third kappa shape index (κ3) is 3.40. The molecule has 0 N–H and O–H groups in total. The fourth-order valence-corrected chi connectivity index (χ4v) is 2.75. The number of rotatable bonds is 2. The summed E-state index contributed by atoms with van der Waals surface area (Å²) in [5, 5.41) is 0. The number of carbonyl (C=O) groups is 2. The number of halogens is 4. The Balaban J connectivity index is 1.67. The second-order valence-electron chi connectivity index (χ2n) is 5.81. The molecular formula is C18H14F4N2O2. The van der Waals surface area contributed by atoms with Crippen LogP contribution in [0.4, 0.5) is 17.6 Å². The molecule has 136 valence electrons. The SMILES string of the molecule is O=C(c1ccc(F)cc1)N1CCN(C(=O)c2ccc(F)c(F)c2F)CC1. The molecule has 0 aromatic heterocycles. The van der Waals surface area contributed by atoms with E-state index in [1.54, 1.807) is 0 Å². The maximum atomic E-state index is 13.8. The summed E-state index contributed by atoms with van der Waals surface area (Å²) in [4.78, 5) is 27.4. The minimum Gasteiger partial charge on any atom is -0.335 e. The summed E-state index contributed by atoms with van der Waals surface area (Å²) in [5.74, 6) is -6.12. The highest BCUT2D eigenvalue weighted by Crippen LogP contribution is 2.18. The first kappa shape index (κ1) is 17.9. The molecule has 4 nitrogen and oxygen atoms in total. The van der Waals surface area contributed by atoms with Gasteiger partial charge < -0.3 is 9.80 Å². The Kier molecular flexibility index (Phi) is 4.92. The summed E-state index contributed by atoms with van der Waals surface area (Å²) in [6.07, 6.45) is 0. The first-order chi connectivity index (χ1) is 12.4. The predicted octanol–water partition coefficient (Wildman–Crippen LogP) is 2.84. The van der Waals surface area contributed by atoms with Gasteiger partial charge in [-0.25, -0.2) is 17.6 Å². The van der Waals surface area contributed by atoms with E-state index in [1.165, 1.54) is 34.1 Å². The van der Waals surface area contributed by atoms with Crippen LogP contribution in [-0.4, -0.2) is 47.8 Å². The van der Waals surface area contributed by atoms with Gasteiger partial charge in [-0.05, 0) is 36.4 Å². The Labute approximate surface area is 146 Å². The van der Waals surface area contributed by atoms with Crippen molar-refractivity contribution >= 4 is 11.8 Å². The molecule has 3 rings (SSSR count). The fraction of sp³-hybridized carbons (Fsp3) is 0.222. The van der Waals surface area contributed by atoms with Crippen LogP contribution in [0.1, 0.15) is 20.7 Å². The second kappa shape index (κ2) is 7.15. The van der Waals surface area contributed by atoms with Crippen molar-refractivity contribution in [1.29, 1.82) is 0 Å². The number of piperazine rings is 1. The van der Waals surface area contributed by atoms with E-state index < -0.39 is 34.7 Å². The fourth-order valence-electron chi connectivity index (χ4n) is 2.75. The lowest BCUT2D eigenvalue weighted by Crippen LogP contribution is -2.50. The van der Waals surface area contributed by atoms with Crippen LogP contribution >= 0.6 is 0 Å². The monoisotopic (exact) mass is 366 g/mol. The van der Waals surface area contributed by atoms with Gasteiger partial charge in [0.05, 0.1) is 5.56 Å². The van der Waals surface area contributed by atoms with Gasteiger partial charge in [-0.1, -0.05) is 0 Å². The van der Waals surface area contributed by atoms with Crippen molar-refractivity contribution in [2.24, 2.45) is 0 Å². The number of benzene rings is 2. The standard InChI is InChI=1S/C18H14F4N2O2/c19-12-3-1-11(2-4-12)17(25)23-7-9-24(10-8-23)18(26)13-5-6-14(20)16(22)15(13)21/h1-6H,7-10H2. The molecule has 2 amide bonds. The highest BCUT2D eigenvalue weighted by Gasteiger charge is 2.28. The number of amides is 2. The van der Waals surface area contributed by atoms with Crippen molar-refractivity contribution in [2.75, 3.05) is 26.2 Å². The van der Waals surface area contributed by atoms with Crippen LogP contribution in [0.15, 0.2) is 36.4 Å². The van der Waals surface area contributed by atoms with E-state index in [0.29, 0.717) is 11.6 Å². The quantitative estimate of drug-likeness (QED) is 0.606. The molecule has 1 heterocycles. The van der Waals surface area contributed by atoms with Gasteiger partial charge in [0.1, 0.15) is 5.82 Å². The maximum Gasteiger partial charge on any atom is 0.257 e. The predicted molar refractivity (Wildman–Crippen MR) is 84.5 cm³/mol. The molecule has 1 aliphatic heterocycles. The van der Waals surface area contributed by atoms with E-state index in [4.69, 9.17) is 0 Å². The summed E-state index contributed by atoms with van der Waals surface area (Å²) < 4.78 is 53.0. The topological polar surface area (TPSA) is 40.6 Å². The van der Waals surface area contributed by atoms with Crippen molar-refractivity contribution in [3.05, 3.63) is 70.8 Å². The Morgan fingerprint density at radius 3 is 1.81 bits per heavy atom. The minimum absolute atomic E-state index is 0.115. The molecule has 8 heteroatoms. The Bertz CT molecular complexity index is 847. The number of hydrogen-bond acceptors (Lipinski definition) is 2. The van der Waals surface area contributed by atoms with Crippen molar-refractivity contribution in [3.8, 4) is 0 Å². The zero-order chi connectivity index (χ0) is 18.8. The zero-order valence-electron chi connectivity index (χ0n) is 13.5. The molecule has 0 atom stereocenters. The van der Waals surface area contributed by atoms with Crippen LogP contribution in [0.5, 0.6) is 0 Å². The third-order valence-electron chi connectivity index (χ3n) is 4.21. The van der Waals surface area contributed by atoms with E-state index in [2.05, 4.69) is 0 Å². The minimum atomic E-state index is -1.69. The van der Waals surface area contributed by atoms with E-state index in [0.717, 1.165) is 6.07 Å². The van der Waals surface area contributed by atoms with Crippen LogP contribution in [0.2, 0.25) is 0 Å². The molecule has 0 bridgehead atoms. The number of carbonyl (C=O) groups excluding carboxylic acids is 2. The van der Waals surface area contributed by atoms with Crippen LogP contribution in [0.25, 0.3) is 0 Å². The highest BCUT2D eigenvalue weighted by atomic mass is 19.2. The van der Waals surface area contributed by atoms with E-state index in [1.807, 2.05) is 0 Å². The van der Waals surface area contributed by atoms with Crippen molar-refractivity contribution in [2.45, 2.75) is 0 Å². The normalized spacial score (nSPS) is 14.5. The molecule has 2 aromatic carbocycles. The number of nitrogens with zero attached hydrogens (tertiary/aromatic N) is 2. The summed E-state index contributed by atoms with van der Waals surface area (Å²) in [7, 11) is 0. The second-order valence-corrected chi connectivity index (χ2v) is 5.81. The van der Waals surface area contributed by atoms with E-state index in [-0.39, 0.29) is 32.1 Å². The average molecular weight is 366 g/mol. The highest BCUT2D eigenvalue weighted by molar-refractivity contribution is 5.96. The van der Waals surface area contributed by atoms with Crippen molar-refractivity contribution in [1.82, 2.24) is 9.80 Å². The van der Waals surface area contributed by atoms with Gasteiger partial charge in [0.15, 0.2) is 17.5 Å². The van der Waals surface area contributed by atoms with E-state index in [9.17, 15) is 27.2 Å². The molecule has 0 saturated carbocycles. The van der Waals surface area contributed by atoms with Crippen LogP contribution in [-0.2, 0) is 0 Å². The Morgan fingerprint density at radius 2 is 1.23 bits per heavy atom. The van der Waals surface area contributed by atoms with Crippen molar-refractivity contribution < 1.29 is 27.2 Å². The number of hydrogen-bond donors (Lipinski definition) is 0. The molecule has 1 fully saturated rings. The van der Waals surface area contributed by atoms with E-state index >= 15 is 0 Å². The molecule has 26 heavy (non-hydrogen) atoms. The average Bonchev–Trinajstić information content (AvgIpc) is 2.66. The lowest BCUT2D eigenvalue weighted by Gasteiger charge is -2.35. The molecule has 1 saturated heterocycles. The molecule has 1 aliphatic rings. The molecular weight excluding hydrogens is 352 g/mol. The smallest absolute Gasteiger partial charge is 0.257 e. The van der Waals surface area contributed by atoms with Gasteiger partial charge >= 0.3 is 0 Å². The Morgan fingerprint density at radius 1 is 0.692 bits per heavy atom. The molecule has 0 unspecified atom stereocenters.